The van der Waals surface area contributed by atoms with Gasteiger partial charge >= 0.3 is 0 Å². The Labute approximate surface area is 88.0 Å². The van der Waals surface area contributed by atoms with Crippen molar-refractivity contribution in [3.63, 3.8) is 0 Å². The Morgan fingerprint density at radius 2 is 1.77 bits per heavy atom. The molecule has 0 aliphatic rings. The summed E-state index contributed by atoms with van der Waals surface area (Å²) in [5, 5.41) is 16.1. The standard InChI is InChI=1S/C10H5OS2/c11-10-7-8(3-5-12)1-2-9(10)4-6-13/h1-2,7,12-13H. The van der Waals surface area contributed by atoms with Crippen molar-refractivity contribution in [1.82, 2.24) is 0 Å². The van der Waals surface area contributed by atoms with Gasteiger partial charge in [0.05, 0.1) is 5.56 Å². The van der Waals surface area contributed by atoms with Gasteiger partial charge in [-0.2, -0.15) is 0 Å². The van der Waals surface area contributed by atoms with E-state index >= 15 is 0 Å². The van der Waals surface area contributed by atoms with Crippen molar-refractivity contribution in [3.8, 4) is 28.1 Å². The van der Waals surface area contributed by atoms with Crippen LogP contribution < -0.4 is 0 Å². The molecule has 63 valence electrons. The minimum atomic E-state index is -0.143. The van der Waals surface area contributed by atoms with Gasteiger partial charge < -0.3 is 0 Å². The number of hydrogen-bond donors (Lipinski definition) is 2. The molecule has 1 aromatic rings. The number of thiol groups is 2. The van der Waals surface area contributed by atoms with E-state index in [2.05, 4.69) is 47.6 Å². The third kappa shape index (κ3) is 2.66. The van der Waals surface area contributed by atoms with Gasteiger partial charge in [0.1, 0.15) is 0 Å². The molecule has 1 nitrogen and oxygen atoms in total. The lowest BCUT2D eigenvalue weighted by Crippen LogP contribution is -1.78. The maximum Gasteiger partial charge on any atom is 0.195 e. The van der Waals surface area contributed by atoms with Crippen molar-refractivity contribution >= 4 is 25.3 Å². The normalized spacial score (nSPS) is 7.85. The Balaban J connectivity index is 3.15. The van der Waals surface area contributed by atoms with E-state index in [1.165, 1.54) is 6.07 Å². The van der Waals surface area contributed by atoms with E-state index in [9.17, 15) is 5.11 Å². The van der Waals surface area contributed by atoms with Gasteiger partial charge in [-0.3, -0.25) is 5.11 Å². The van der Waals surface area contributed by atoms with E-state index in [1.54, 1.807) is 12.1 Å². The molecule has 0 amide bonds. The second kappa shape index (κ2) is 4.77. The Morgan fingerprint density at radius 1 is 1.08 bits per heavy atom. The van der Waals surface area contributed by atoms with Gasteiger partial charge in [0.25, 0.3) is 0 Å². The van der Waals surface area contributed by atoms with Crippen LogP contribution >= 0.6 is 25.3 Å². The third-order valence-corrected chi connectivity index (χ3v) is 1.60. The van der Waals surface area contributed by atoms with Crippen LogP contribution in [-0.4, -0.2) is 0 Å². The topological polar surface area (TPSA) is 19.9 Å². The molecule has 0 bridgehead atoms. The summed E-state index contributed by atoms with van der Waals surface area (Å²) in [5.74, 6) is 5.10. The van der Waals surface area contributed by atoms with Gasteiger partial charge in [-0.25, -0.2) is 0 Å². The molecule has 0 saturated carbocycles. The van der Waals surface area contributed by atoms with Crippen LogP contribution in [0.15, 0.2) is 18.2 Å². The zero-order chi connectivity index (χ0) is 9.68. The number of benzene rings is 1. The summed E-state index contributed by atoms with van der Waals surface area (Å²) in [6.45, 7) is 0. The second-order valence-corrected chi connectivity index (χ2v) is 2.63. The van der Waals surface area contributed by atoms with E-state index in [0.29, 0.717) is 11.1 Å². The van der Waals surface area contributed by atoms with Crippen LogP contribution in [0.1, 0.15) is 11.1 Å². The molecule has 0 heterocycles. The summed E-state index contributed by atoms with van der Waals surface area (Å²) in [6.07, 6.45) is 0. The number of hydrogen-bond acceptors (Lipinski definition) is 2. The fraction of sp³-hybridized carbons (Fsp3) is 0. The Bertz CT molecular complexity index is 430. The zero-order valence-electron chi connectivity index (χ0n) is 6.53. The first-order valence-corrected chi connectivity index (χ1v) is 4.28. The highest BCUT2D eigenvalue weighted by atomic mass is 32.1. The first kappa shape index (κ1) is 9.92. The molecule has 1 rings (SSSR count). The molecule has 1 aromatic carbocycles. The molecule has 0 spiro atoms. The molecule has 0 atom stereocenters. The minimum Gasteiger partial charge on any atom is -0.289 e. The lowest BCUT2D eigenvalue weighted by molar-refractivity contribution is 0.353. The summed E-state index contributed by atoms with van der Waals surface area (Å²) in [6, 6.07) is 4.77. The van der Waals surface area contributed by atoms with Crippen LogP contribution in [0.25, 0.3) is 0 Å². The molecule has 0 saturated heterocycles. The lowest BCUT2D eigenvalue weighted by Gasteiger charge is -1.93. The van der Waals surface area contributed by atoms with Crippen LogP contribution in [-0.2, 0) is 5.11 Å². The first-order valence-electron chi connectivity index (χ1n) is 3.39. The van der Waals surface area contributed by atoms with Gasteiger partial charge in [-0.15, -0.1) is 0 Å². The first-order chi connectivity index (χ1) is 6.27. The highest BCUT2D eigenvalue weighted by Gasteiger charge is 1.99. The van der Waals surface area contributed by atoms with Crippen LogP contribution in [0.3, 0.4) is 0 Å². The molecule has 0 fully saturated rings. The Morgan fingerprint density at radius 3 is 2.31 bits per heavy atom. The summed E-state index contributed by atoms with van der Waals surface area (Å²) in [4.78, 5) is 0. The minimum absolute atomic E-state index is 0.143. The average molecular weight is 205 g/mol. The summed E-state index contributed by atoms with van der Waals surface area (Å²) in [7, 11) is 0. The van der Waals surface area contributed by atoms with Crippen molar-refractivity contribution in [3.05, 3.63) is 29.3 Å². The van der Waals surface area contributed by atoms with Gasteiger partial charge in [-0.05, 0) is 22.6 Å². The molecule has 3 heteroatoms. The zero-order valence-corrected chi connectivity index (χ0v) is 8.32. The maximum absolute atomic E-state index is 11.3. The van der Waals surface area contributed by atoms with Crippen LogP contribution in [0, 0.1) is 22.3 Å². The summed E-state index contributed by atoms with van der Waals surface area (Å²) in [5.41, 5.74) is 1.07. The molecule has 0 N–H and O–H groups in total. The number of rotatable bonds is 0. The molecular weight excluding hydrogens is 200 g/mol. The summed E-state index contributed by atoms with van der Waals surface area (Å²) < 4.78 is 0. The molecule has 0 unspecified atom stereocenters. The second-order valence-electron chi connectivity index (χ2n) is 2.18. The van der Waals surface area contributed by atoms with Crippen LogP contribution in [0.4, 0.5) is 0 Å². The highest BCUT2D eigenvalue weighted by molar-refractivity contribution is 7.85. The van der Waals surface area contributed by atoms with Crippen LogP contribution in [0.5, 0.6) is 5.75 Å². The predicted octanol–water partition coefficient (Wildman–Crippen LogP) is 2.31. The molecule has 0 aromatic heterocycles. The molecule has 0 aliphatic heterocycles. The summed E-state index contributed by atoms with van der Waals surface area (Å²) >= 11 is 7.44. The van der Waals surface area contributed by atoms with E-state index < -0.39 is 0 Å². The van der Waals surface area contributed by atoms with Gasteiger partial charge in [0.15, 0.2) is 5.75 Å². The average Bonchev–Trinajstić information content (AvgIpc) is 2.10. The van der Waals surface area contributed by atoms with Crippen molar-refractivity contribution in [2.24, 2.45) is 0 Å². The van der Waals surface area contributed by atoms with Crippen molar-refractivity contribution in [1.29, 1.82) is 0 Å². The third-order valence-electron chi connectivity index (χ3n) is 1.37. The van der Waals surface area contributed by atoms with E-state index in [1.807, 2.05) is 0 Å². The Kier molecular flexibility index (Phi) is 3.64. The SMILES string of the molecule is [O]c1cc(C#CS)ccc1C#CS. The van der Waals surface area contributed by atoms with E-state index in [4.69, 9.17) is 0 Å². The highest BCUT2D eigenvalue weighted by Crippen LogP contribution is 2.17. The van der Waals surface area contributed by atoms with Gasteiger partial charge in [0, 0.05) is 11.6 Å². The van der Waals surface area contributed by atoms with Crippen LogP contribution in [0.2, 0.25) is 0 Å². The molecular formula is C10H5OS2. The maximum atomic E-state index is 11.3. The largest absolute Gasteiger partial charge is 0.289 e. The molecule has 0 aliphatic carbocycles. The predicted molar refractivity (Wildman–Crippen MR) is 58.3 cm³/mol. The fourth-order valence-electron chi connectivity index (χ4n) is 0.828. The smallest absolute Gasteiger partial charge is 0.195 e. The van der Waals surface area contributed by atoms with Gasteiger partial charge in [-0.1, -0.05) is 37.1 Å². The lowest BCUT2D eigenvalue weighted by atomic mass is 10.1. The van der Waals surface area contributed by atoms with Crippen molar-refractivity contribution < 1.29 is 5.11 Å². The van der Waals surface area contributed by atoms with Gasteiger partial charge in [0.2, 0.25) is 0 Å². The Hall–Kier alpha value is -1.16. The molecule has 13 heavy (non-hydrogen) atoms. The van der Waals surface area contributed by atoms with E-state index in [0.717, 1.165) is 0 Å². The van der Waals surface area contributed by atoms with Crippen molar-refractivity contribution in [2.45, 2.75) is 0 Å². The molecule has 1 radical (unpaired) electrons. The fourth-order valence-corrected chi connectivity index (χ4v) is 1.08. The van der Waals surface area contributed by atoms with E-state index in [-0.39, 0.29) is 5.75 Å². The monoisotopic (exact) mass is 205 g/mol. The van der Waals surface area contributed by atoms with Crippen molar-refractivity contribution in [2.75, 3.05) is 0 Å². The quantitative estimate of drug-likeness (QED) is 0.479.